The van der Waals surface area contributed by atoms with Gasteiger partial charge in [-0.05, 0) is 37.1 Å². The van der Waals surface area contributed by atoms with Crippen molar-refractivity contribution in [2.75, 3.05) is 23.8 Å². The highest BCUT2D eigenvalue weighted by molar-refractivity contribution is 5.86. The predicted molar refractivity (Wildman–Crippen MR) is 66.4 cm³/mol. The summed E-state index contributed by atoms with van der Waals surface area (Å²) in [6.07, 6.45) is -0.999. The topological polar surface area (TPSA) is 76.4 Å². The van der Waals surface area contributed by atoms with Crippen molar-refractivity contribution in [2.45, 2.75) is 13.8 Å². The number of nitriles is 1. The number of benzene rings is 1. The Bertz CT molecular complexity index is 454. The normalized spacial score (nSPS) is 9.53. The van der Waals surface area contributed by atoms with E-state index < -0.39 is 6.09 Å². The van der Waals surface area contributed by atoms with Crippen molar-refractivity contribution in [2.24, 2.45) is 0 Å². The summed E-state index contributed by atoms with van der Waals surface area (Å²) >= 11 is 0. The first-order valence-electron chi connectivity index (χ1n) is 5.16. The molecule has 1 amide bonds. The smallest absolute Gasteiger partial charge is 0.411 e. The minimum Gasteiger partial charge on any atom is -0.465 e. The van der Waals surface area contributed by atoms with Gasteiger partial charge in [-0.2, -0.15) is 5.26 Å². The molecule has 0 aromatic heterocycles. The molecule has 0 saturated heterocycles. The van der Waals surface area contributed by atoms with Gasteiger partial charge in [0.15, 0.2) is 0 Å². The molecule has 5 nitrogen and oxygen atoms in total. The van der Waals surface area contributed by atoms with Crippen molar-refractivity contribution in [3.05, 3.63) is 23.3 Å². The van der Waals surface area contributed by atoms with Crippen molar-refractivity contribution in [1.29, 1.82) is 5.26 Å². The van der Waals surface area contributed by atoms with Gasteiger partial charge in [0.25, 0.3) is 0 Å². The highest BCUT2D eigenvalue weighted by Gasteiger charge is 2.11. The van der Waals surface area contributed by atoms with E-state index in [9.17, 15) is 4.79 Å². The van der Waals surface area contributed by atoms with Gasteiger partial charge in [-0.3, -0.25) is 4.90 Å². The number of hydrogen-bond donors (Lipinski definition) is 2. The fourth-order valence-electron chi connectivity index (χ4n) is 1.65. The van der Waals surface area contributed by atoms with Crippen LogP contribution < -0.4 is 10.2 Å². The van der Waals surface area contributed by atoms with Gasteiger partial charge in [0.1, 0.15) is 6.54 Å². The maximum absolute atomic E-state index is 10.8. The Morgan fingerprint density at radius 1 is 1.47 bits per heavy atom. The summed E-state index contributed by atoms with van der Waals surface area (Å²) in [6, 6.07) is 5.57. The summed E-state index contributed by atoms with van der Waals surface area (Å²) < 4.78 is 0. The Morgan fingerprint density at radius 3 is 2.41 bits per heavy atom. The van der Waals surface area contributed by atoms with Crippen LogP contribution in [0, 0.1) is 25.2 Å². The van der Waals surface area contributed by atoms with Gasteiger partial charge < -0.3 is 10.4 Å². The van der Waals surface area contributed by atoms with Gasteiger partial charge >= 0.3 is 6.09 Å². The molecule has 0 radical (unpaired) electrons. The first-order valence-corrected chi connectivity index (χ1v) is 5.16. The minimum atomic E-state index is -0.999. The molecular formula is C12H15N3O2. The van der Waals surface area contributed by atoms with E-state index in [-0.39, 0.29) is 6.54 Å². The average Bonchev–Trinajstić information content (AvgIpc) is 2.26. The zero-order valence-electron chi connectivity index (χ0n) is 10.1. The van der Waals surface area contributed by atoms with Crippen LogP contribution in [0.25, 0.3) is 0 Å². The van der Waals surface area contributed by atoms with Crippen LogP contribution in [0.15, 0.2) is 12.1 Å². The second kappa shape index (κ2) is 5.21. The molecule has 0 heterocycles. The molecule has 2 N–H and O–H groups in total. The molecule has 0 aliphatic carbocycles. The summed E-state index contributed by atoms with van der Waals surface area (Å²) in [5.74, 6) is 0. The molecule has 5 heteroatoms. The van der Waals surface area contributed by atoms with Gasteiger partial charge in [-0.1, -0.05) is 0 Å². The summed E-state index contributed by atoms with van der Waals surface area (Å²) in [5, 5.41) is 20.4. The summed E-state index contributed by atoms with van der Waals surface area (Å²) in [6.45, 7) is 3.99. The SMILES string of the molecule is Cc1cc(N(C)C(=O)O)cc(C)c1NCC#N. The quantitative estimate of drug-likeness (QED) is 0.786. The molecule has 1 aromatic rings. The maximum atomic E-state index is 10.8. The summed E-state index contributed by atoms with van der Waals surface area (Å²) in [4.78, 5) is 12.0. The summed E-state index contributed by atoms with van der Waals surface area (Å²) in [7, 11) is 1.50. The van der Waals surface area contributed by atoms with Crippen LogP contribution >= 0.6 is 0 Å². The van der Waals surface area contributed by atoms with Crippen molar-refractivity contribution in [1.82, 2.24) is 0 Å². The molecule has 1 aromatic carbocycles. The number of carbonyl (C=O) groups is 1. The van der Waals surface area contributed by atoms with Gasteiger partial charge in [-0.25, -0.2) is 4.79 Å². The molecule has 0 atom stereocenters. The van der Waals surface area contributed by atoms with Crippen molar-refractivity contribution < 1.29 is 9.90 Å². The lowest BCUT2D eigenvalue weighted by Crippen LogP contribution is -2.24. The minimum absolute atomic E-state index is 0.232. The molecular weight excluding hydrogens is 218 g/mol. The third kappa shape index (κ3) is 2.88. The summed E-state index contributed by atoms with van der Waals surface area (Å²) in [5.41, 5.74) is 3.34. The number of rotatable bonds is 3. The fraction of sp³-hybridized carbons (Fsp3) is 0.333. The van der Waals surface area contributed by atoms with E-state index in [0.717, 1.165) is 21.7 Å². The Balaban J connectivity index is 3.09. The van der Waals surface area contributed by atoms with E-state index in [1.165, 1.54) is 7.05 Å². The largest absolute Gasteiger partial charge is 0.465 e. The van der Waals surface area contributed by atoms with Gasteiger partial charge in [0.05, 0.1) is 6.07 Å². The van der Waals surface area contributed by atoms with Crippen LogP contribution in [-0.2, 0) is 0 Å². The number of hydrogen-bond acceptors (Lipinski definition) is 3. The van der Waals surface area contributed by atoms with E-state index in [0.29, 0.717) is 5.69 Å². The molecule has 0 bridgehead atoms. The highest BCUT2D eigenvalue weighted by atomic mass is 16.4. The second-order valence-corrected chi connectivity index (χ2v) is 3.81. The zero-order valence-corrected chi connectivity index (χ0v) is 10.1. The molecule has 90 valence electrons. The van der Waals surface area contributed by atoms with Gasteiger partial charge in [-0.15, -0.1) is 0 Å². The zero-order chi connectivity index (χ0) is 13.0. The lowest BCUT2D eigenvalue weighted by atomic mass is 10.1. The molecule has 0 saturated carbocycles. The van der Waals surface area contributed by atoms with Crippen molar-refractivity contribution in [3.8, 4) is 6.07 Å². The lowest BCUT2D eigenvalue weighted by Gasteiger charge is -2.18. The number of anilines is 2. The third-order valence-corrected chi connectivity index (χ3v) is 2.54. The van der Waals surface area contributed by atoms with Crippen LogP contribution in [0.3, 0.4) is 0 Å². The average molecular weight is 233 g/mol. The van der Waals surface area contributed by atoms with Crippen molar-refractivity contribution >= 4 is 17.5 Å². The highest BCUT2D eigenvalue weighted by Crippen LogP contribution is 2.26. The van der Waals surface area contributed by atoms with Crippen LogP contribution in [-0.4, -0.2) is 24.8 Å². The van der Waals surface area contributed by atoms with E-state index in [4.69, 9.17) is 10.4 Å². The number of carboxylic acid groups (broad SMARTS) is 1. The first-order chi connectivity index (χ1) is 7.97. The molecule has 1 rings (SSSR count). The van der Waals surface area contributed by atoms with E-state index in [2.05, 4.69) is 5.32 Å². The number of amides is 1. The van der Waals surface area contributed by atoms with Crippen LogP contribution in [0.2, 0.25) is 0 Å². The number of nitrogens with one attached hydrogen (secondary N) is 1. The molecule has 0 fully saturated rings. The fourth-order valence-corrected chi connectivity index (χ4v) is 1.65. The number of aryl methyl sites for hydroxylation is 2. The van der Waals surface area contributed by atoms with Gasteiger partial charge in [0.2, 0.25) is 0 Å². The van der Waals surface area contributed by atoms with Crippen LogP contribution in [0.1, 0.15) is 11.1 Å². The molecule has 0 aliphatic rings. The lowest BCUT2D eigenvalue weighted by molar-refractivity contribution is 0.203. The third-order valence-electron chi connectivity index (χ3n) is 2.54. The molecule has 0 aliphatic heterocycles. The molecule has 0 unspecified atom stereocenters. The molecule has 17 heavy (non-hydrogen) atoms. The van der Waals surface area contributed by atoms with E-state index >= 15 is 0 Å². The van der Waals surface area contributed by atoms with Crippen molar-refractivity contribution in [3.63, 3.8) is 0 Å². The Labute approximate surface area is 100 Å². The van der Waals surface area contributed by atoms with Crippen LogP contribution in [0.4, 0.5) is 16.2 Å². The number of nitrogens with zero attached hydrogens (tertiary/aromatic N) is 2. The Hall–Kier alpha value is -2.22. The van der Waals surface area contributed by atoms with E-state index in [1.807, 2.05) is 19.9 Å². The predicted octanol–water partition coefficient (Wildman–Crippen LogP) is 2.35. The Morgan fingerprint density at radius 2 is 2.00 bits per heavy atom. The van der Waals surface area contributed by atoms with Gasteiger partial charge in [0, 0.05) is 18.4 Å². The standard InChI is InChI=1S/C12H15N3O2/c1-8-6-10(15(3)12(16)17)7-9(2)11(8)14-5-4-13/h6-7,14H,5H2,1-3H3,(H,16,17). The monoisotopic (exact) mass is 233 g/mol. The molecule has 0 spiro atoms. The van der Waals surface area contributed by atoms with Crippen LogP contribution in [0.5, 0.6) is 0 Å². The first kappa shape index (κ1) is 12.8. The maximum Gasteiger partial charge on any atom is 0.411 e. The van der Waals surface area contributed by atoms with E-state index in [1.54, 1.807) is 12.1 Å². The Kier molecular flexibility index (Phi) is 3.94. The second-order valence-electron chi connectivity index (χ2n) is 3.81.